The van der Waals surface area contributed by atoms with Gasteiger partial charge in [0.1, 0.15) is 5.56 Å². The number of aromatic hydroxyl groups is 1. The third-order valence-electron chi connectivity index (χ3n) is 3.05. The second-order valence-corrected chi connectivity index (χ2v) is 5.11. The minimum absolute atomic E-state index is 0.0337. The number of amides is 1. The lowest BCUT2D eigenvalue weighted by molar-refractivity contribution is -0.114. The molecule has 1 heterocycles. The van der Waals surface area contributed by atoms with Crippen molar-refractivity contribution >= 4 is 35.7 Å². The van der Waals surface area contributed by atoms with Crippen molar-refractivity contribution < 1.29 is 9.90 Å². The monoisotopic (exact) mass is 332 g/mol. The Bertz CT molecular complexity index is 866. The lowest BCUT2D eigenvalue weighted by Gasteiger charge is -2.07. The molecule has 0 aliphatic rings. The Morgan fingerprint density at radius 3 is 2.65 bits per heavy atom. The number of H-pyrrole nitrogens is 1. The van der Waals surface area contributed by atoms with E-state index in [0.717, 1.165) is 0 Å². The third kappa shape index (κ3) is 3.92. The molecule has 1 amide bonds. The SMILES string of the molecule is CCn1c(O)c(C=Nc2ccc(NC(C)=O)cc2)c(=O)[nH]c1=S. The topological polar surface area (TPSA) is 99.5 Å². The lowest BCUT2D eigenvalue weighted by Crippen LogP contribution is -2.18. The number of nitrogens with one attached hydrogen (secondary N) is 2. The summed E-state index contributed by atoms with van der Waals surface area (Å²) in [5.41, 5.74) is 0.752. The number of rotatable bonds is 4. The zero-order valence-electron chi connectivity index (χ0n) is 12.7. The van der Waals surface area contributed by atoms with Crippen LogP contribution < -0.4 is 10.9 Å². The van der Waals surface area contributed by atoms with E-state index in [-0.39, 0.29) is 22.1 Å². The molecule has 0 fully saturated rings. The Kier molecular flexibility index (Phi) is 5.07. The van der Waals surface area contributed by atoms with E-state index < -0.39 is 5.56 Å². The first-order valence-electron chi connectivity index (χ1n) is 6.90. The van der Waals surface area contributed by atoms with Crippen molar-refractivity contribution in [1.82, 2.24) is 9.55 Å². The maximum Gasteiger partial charge on any atom is 0.264 e. The summed E-state index contributed by atoms with van der Waals surface area (Å²) in [4.78, 5) is 29.5. The van der Waals surface area contributed by atoms with Crippen LogP contribution in [0.1, 0.15) is 19.4 Å². The molecule has 0 aliphatic carbocycles. The van der Waals surface area contributed by atoms with Crippen LogP contribution >= 0.6 is 12.2 Å². The molecule has 7 nitrogen and oxygen atoms in total. The van der Waals surface area contributed by atoms with Crippen LogP contribution in [0.4, 0.5) is 11.4 Å². The summed E-state index contributed by atoms with van der Waals surface area (Å²) in [5, 5.41) is 12.8. The number of anilines is 1. The molecule has 1 aromatic carbocycles. The van der Waals surface area contributed by atoms with E-state index in [4.69, 9.17) is 12.2 Å². The smallest absolute Gasteiger partial charge is 0.264 e. The molecule has 0 aliphatic heterocycles. The zero-order chi connectivity index (χ0) is 17.0. The van der Waals surface area contributed by atoms with E-state index in [0.29, 0.717) is 17.9 Å². The molecule has 0 bridgehead atoms. The van der Waals surface area contributed by atoms with Crippen molar-refractivity contribution in [3.8, 4) is 5.88 Å². The van der Waals surface area contributed by atoms with Crippen molar-refractivity contribution in [1.29, 1.82) is 0 Å². The number of hydrogen-bond donors (Lipinski definition) is 3. The van der Waals surface area contributed by atoms with Crippen LogP contribution in [0, 0.1) is 4.77 Å². The highest BCUT2D eigenvalue weighted by Crippen LogP contribution is 2.17. The molecule has 0 spiro atoms. The number of aromatic amines is 1. The van der Waals surface area contributed by atoms with E-state index in [1.54, 1.807) is 31.2 Å². The van der Waals surface area contributed by atoms with E-state index >= 15 is 0 Å². The molecule has 0 atom stereocenters. The van der Waals surface area contributed by atoms with Crippen molar-refractivity contribution in [3.63, 3.8) is 0 Å². The number of aromatic nitrogens is 2. The van der Waals surface area contributed by atoms with Gasteiger partial charge < -0.3 is 10.4 Å². The number of carbonyl (C=O) groups excluding carboxylic acids is 1. The first-order valence-corrected chi connectivity index (χ1v) is 7.31. The molecule has 1 aromatic heterocycles. The summed E-state index contributed by atoms with van der Waals surface area (Å²) in [6.07, 6.45) is 1.28. The fraction of sp³-hybridized carbons (Fsp3) is 0.200. The highest BCUT2D eigenvalue weighted by atomic mass is 32.1. The second-order valence-electron chi connectivity index (χ2n) is 4.73. The Labute approximate surface area is 137 Å². The summed E-state index contributed by atoms with van der Waals surface area (Å²) in [6.45, 7) is 3.65. The molecule has 0 saturated carbocycles. The van der Waals surface area contributed by atoms with E-state index in [2.05, 4.69) is 15.3 Å². The number of carbonyl (C=O) groups is 1. The van der Waals surface area contributed by atoms with Crippen molar-refractivity contribution in [2.24, 2.45) is 4.99 Å². The van der Waals surface area contributed by atoms with Crippen LogP contribution in [0.3, 0.4) is 0 Å². The highest BCUT2D eigenvalue weighted by Gasteiger charge is 2.09. The van der Waals surface area contributed by atoms with Gasteiger partial charge in [0.15, 0.2) is 4.77 Å². The first-order chi connectivity index (χ1) is 10.9. The molecular weight excluding hydrogens is 316 g/mol. The molecule has 0 unspecified atom stereocenters. The predicted octanol–water partition coefficient (Wildman–Crippen LogP) is 2.34. The molecule has 0 saturated heterocycles. The third-order valence-corrected chi connectivity index (χ3v) is 3.38. The van der Waals surface area contributed by atoms with Gasteiger partial charge in [-0.25, -0.2) is 0 Å². The summed E-state index contributed by atoms with van der Waals surface area (Å²) in [7, 11) is 0. The predicted molar refractivity (Wildman–Crippen MR) is 91.2 cm³/mol. The summed E-state index contributed by atoms with van der Waals surface area (Å²) >= 11 is 4.98. The van der Waals surface area contributed by atoms with Crippen LogP contribution in [-0.4, -0.2) is 26.8 Å². The van der Waals surface area contributed by atoms with E-state index in [1.807, 2.05) is 0 Å². The fourth-order valence-electron chi connectivity index (χ4n) is 1.96. The average Bonchev–Trinajstić information content (AvgIpc) is 2.48. The van der Waals surface area contributed by atoms with Crippen LogP contribution in [0.2, 0.25) is 0 Å². The van der Waals surface area contributed by atoms with Gasteiger partial charge in [0.2, 0.25) is 11.8 Å². The molecule has 0 radical (unpaired) electrons. The molecule has 120 valence electrons. The lowest BCUT2D eigenvalue weighted by atomic mass is 10.2. The van der Waals surface area contributed by atoms with Gasteiger partial charge in [-0.15, -0.1) is 0 Å². The van der Waals surface area contributed by atoms with Crippen LogP contribution in [0.15, 0.2) is 34.1 Å². The van der Waals surface area contributed by atoms with Gasteiger partial charge in [-0.05, 0) is 43.4 Å². The maximum atomic E-state index is 11.9. The molecule has 8 heteroatoms. The number of nitrogens with zero attached hydrogens (tertiary/aromatic N) is 2. The van der Waals surface area contributed by atoms with Gasteiger partial charge in [0, 0.05) is 25.4 Å². The van der Waals surface area contributed by atoms with Gasteiger partial charge in [-0.3, -0.25) is 24.1 Å². The highest BCUT2D eigenvalue weighted by molar-refractivity contribution is 7.71. The van der Waals surface area contributed by atoms with E-state index in [1.165, 1.54) is 17.7 Å². The van der Waals surface area contributed by atoms with Gasteiger partial charge in [-0.2, -0.15) is 0 Å². The van der Waals surface area contributed by atoms with Crippen molar-refractivity contribution in [3.05, 3.63) is 45.0 Å². The number of aliphatic imine (C=N–C) groups is 1. The Balaban J connectivity index is 2.32. The number of hydrogen-bond acceptors (Lipinski definition) is 5. The zero-order valence-corrected chi connectivity index (χ0v) is 13.5. The minimum Gasteiger partial charge on any atom is -0.494 e. The minimum atomic E-state index is -0.504. The molecule has 23 heavy (non-hydrogen) atoms. The first kappa shape index (κ1) is 16.6. The van der Waals surface area contributed by atoms with Gasteiger partial charge in [-0.1, -0.05) is 0 Å². The van der Waals surface area contributed by atoms with E-state index in [9.17, 15) is 14.7 Å². The summed E-state index contributed by atoms with van der Waals surface area (Å²) in [5.74, 6) is -0.384. The maximum absolute atomic E-state index is 11.9. The largest absolute Gasteiger partial charge is 0.494 e. The number of benzene rings is 1. The quantitative estimate of drug-likeness (QED) is 0.591. The van der Waals surface area contributed by atoms with Crippen LogP contribution in [0.5, 0.6) is 5.88 Å². The second kappa shape index (κ2) is 7.01. The Morgan fingerprint density at radius 1 is 1.43 bits per heavy atom. The average molecular weight is 332 g/mol. The normalized spacial score (nSPS) is 10.9. The van der Waals surface area contributed by atoms with Gasteiger partial charge in [0.05, 0.1) is 5.69 Å². The summed E-state index contributed by atoms with van der Waals surface area (Å²) in [6, 6.07) is 6.75. The Hall–Kier alpha value is -2.74. The van der Waals surface area contributed by atoms with Crippen molar-refractivity contribution in [2.45, 2.75) is 20.4 Å². The molecule has 2 aromatic rings. The fourth-order valence-corrected chi connectivity index (χ4v) is 2.27. The van der Waals surface area contributed by atoms with Crippen LogP contribution in [-0.2, 0) is 11.3 Å². The van der Waals surface area contributed by atoms with Crippen LogP contribution in [0.25, 0.3) is 0 Å². The molecule has 2 rings (SSSR count). The van der Waals surface area contributed by atoms with Crippen molar-refractivity contribution in [2.75, 3.05) is 5.32 Å². The standard InChI is InChI=1S/C15H16N4O3S/c1-3-19-14(22)12(13(21)18-15(19)23)8-16-10-4-6-11(7-5-10)17-9(2)20/h4-8,22H,3H2,1-2H3,(H,17,20)(H,18,21,23). The molecular formula is C15H16N4O3S. The van der Waals surface area contributed by atoms with Gasteiger partial charge >= 0.3 is 0 Å². The van der Waals surface area contributed by atoms with Gasteiger partial charge in [0.25, 0.3) is 5.56 Å². The Morgan fingerprint density at radius 2 is 2.09 bits per heavy atom. The molecule has 3 N–H and O–H groups in total. The summed E-state index contributed by atoms with van der Waals surface area (Å²) < 4.78 is 1.56.